The first-order valence-corrected chi connectivity index (χ1v) is 5.74. The van der Waals surface area contributed by atoms with Gasteiger partial charge in [-0.2, -0.15) is 0 Å². The van der Waals surface area contributed by atoms with Crippen LogP contribution in [0.25, 0.3) is 0 Å². The second-order valence-corrected chi connectivity index (χ2v) is 4.05. The summed E-state index contributed by atoms with van der Waals surface area (Å²) in [5, 5.41) is 10.6. The van der Waals surface area contributed by atoms with Gasteiger partial charge in [0.05, 0.1) is 17.5 Å². The zero-order chi connectivity index (χ0) is 12.7. The molecule has 0 aliphatic carbocycles. The van der Waals surface area contributed by atoms with Crippen LogP contribution in [0.4, 0.5) is 0 Å². The summed E-state index contributed by atoms with van der Waals surface area (Å²) in [4.78, 5) is 21.3. The molecule has 1 aromatic rings. The summed E-state index contributed by atoms with van der Waals surface area (Å²) in [5.41, 5.74) is 0. The molecule has 0 aliphatic heterocycles. The first-order chi connectivity index (χ1) is 8.09. The SMILES string of the molecule is O=C(O)CNC(=O)CCOc1ccccc1Br. The van der Waals surface area contributed by atoms with Gasteiger partial charge in [0.15, 0.2) is 0 Å². The van der Waals surface area contributed by atoms with Crippen LogP contribution in [0.1, 0.15) is 6.42 Å². The van der Waals surface area contributed by atoms with Crippen LogP contribution in [0.5, 0.6) is 5.75 Å². The third-order valence-electron chi connectivity index (χ3n) is 1.86. The van der Waals surface area contributed by atoms with Crippen LogP contribution in [-0.2, 0) is 9.59 Å². The molecule has 0 aromatic heterocycles. The quantitative estimate of drug-likeness (QED) is 0.833. The normalized spacial score (nSPS) is 9.71. The number of carbonyl (C=O) groups excluding carboxylic acids is 1. The summed E-state index contributed by atoms with van der Waals surface area (Å²) in [6.07, 6.45) is 0.120. The second kappa shape index (κ2) is 6.90. The monoisotopic (exact) mass is 301 g/mol. The Labute approximate surface area is 107 Å². The minimum Gasteiger partial charge on any atom is -0.492 e. The minimum atomic E-state index is -1.06. The molecule has 0 saturated heterocycles. The van der Waals surface area contributed by atoms with Crippen molar-refractivity contribution in [2.45, 2.75) is 6.42 Å². The maximum absolute atomic E-state index is 11.2. The van der Waals surface area contributed by atoms with Crippen molar-refractivity contribution < 1.29 is 19.4 Å². The van der Waals surface area contributed by atoms with Crippen molar-refractivity contribution in [3.8, 4) is 5.75 Å². The van der Waals surface area contributed by atoms with Crippen LogP contribution in [0.2, 0.25) is 0 Å². The van der Waals surface area contributed by atoms with Gasteiger partial charge in [0.25, 0.3) is 0 Å². The van der Waals surface area contributed by atoms with E-state index < -0.39 is 5.97 Å². The molecular formula is C11H12BrNO4. The van der Waals surface area contributed by atoms with E-state index in [-0.39, 0.29) is 25.5 Å². The standard InChI is InChI=1S/C11H12BrNO4/c12-8-3-1-2-4-9(8)17-6-5-10(14)13-7-11(15)16/h1-4H,5-7H2,(H,13,14)(H,15,16). The van der Waals surface area contributed by atoms with Crippen LogP contribution in [0.3, 0.4) is 0 Å². The van der Waals surface area contributed by atoms with Gasteiger partial charge in [-0.05, 0) is 28.1 Å². The Morgan fingerprint density at radius 2 is 2.06 bits per heavy atom. The summed E-state index contributed by atoms with van der Waals surface area (Å²) in [5.74, 6) is -0.761. The van der Waals surface area contributed by atoms with Crippen molar-refractivity contribution in [2.75, 3.05) is 13.2 Å². The van der Waals surface area contributed by atoms with Crippen LogP contribution in [0, 0.1) is 0 Å². The zero-order valence-corrected chi connectivity index (χ0v) is 10.6. The van der Waals surface area contributed by atoms with Gasteiger partial charge < -0.3 is 15.2 Å². The minimum absolute atomic E-state index is 0.120. The van der Waals surface area contributed by atoms with E-state index in [4.69, 9.17) is 9.84 Å². The van der Waals surface area contributed by atoms with E-state index >= 15 is 0 Å². The van der Waals surface area contributed by atoms with Crippen molar-refractivity contribution in [2.24, 2.45) is 0 Å². The Bertz CT molecular complexity index is 408. The van der Waals surface area contributed by atoms with Crippen LogP contribution < -0.4 is 10.1 Å². The molecule has 0 heterocycles. The van der Waals surface area contributed by atoms with Crippen LogP contribution in [0.15, 0.2) is 28.7 Å². The predicted octanol–water partition coefficient (Wildman–Crippen LogP) is 1.42. The number of para-hydroxylation sites is 1. The Balaban J connectivity index is 2.26. The summed E-state index contributed by atoms with van der Waals surface area (Å²) in [6, 6.07) is 7.29. The van der Waals surface area contributed by atoms with E-state index in [2.05, 4.69) is 21.2 Å². The molecule has 1 rings (SSSR count). The molecule has 1 amide bonds. The van der Waals surface area contributed by atoms with Crippen molar-refractivity contribution >= 4 is 27.8 Å². The topological polar surface area (TPSA) is 75.6 Å². The molecule has 2 N–H and O–H groups in total. The molecule has 0 radical (unpaired) electrons. The van der Waals surface area contributed by atoms with Crippen molar-refractivity contribution in [3.63, 3.8) is 0 Å². The largest absolute Gasteiger partial charge is 0.492 e. The molecule has 0 bridgehead atoms. The fourth-order valence-corrected chi connectivity index (χ4v) is 1.48. The van der Waals surface area contributed by atoms with Crippen molar-refractivity contribution in [3.05, 3.63) is 28.7 Å². The van der Waals surface area contributed by atoms with Crippen LogP contribution in [-0.4, -0.2) is 30.1 Å². The molecule has 5 nitrogen and oxygen atoms in total. The number of hydrogen-bond acceptors (Lipinski definition) is 3. The van der Waals surface area contributed by atoms with Gasteiger partial charge in [0.1, 0.15) is 12.3 Å². The molecule has 0 saturated carbocycles. The average Bonchev–Trinajstić information content (AvgIpc) is 2.29. The number of carbonyl (C=O) groups is 2. The smallest absolute Gasteiger partial charge is 0.322 e. The predicted molar refractivity (Wildman–Crippen MR) is 64.9 cm³/mol. The molecule has 0 fully saturated rings. The maximum Gasteiger partial charge on any atom is 0.322 e. The third kappa shape index (κ3) is 5.35. The Morgan fingerprint density at radius 3 is 2.71 bits per heavy atom. The highest BCUT2D eigenvalue weighted by atomic mass is 79.9. The molecular weight excluding hydrogens is 290 g/mol. The molecule has 17 heavy (non-hydrogen) atoms. The first-order valence-electron chi connectivity index (χ1n) is 4.95. The molecule has 1 aromatic carbocycles. The third-order valence-corrected chi connectivity index (χ3v) is 2.52. The Kier molecular flexibility index (Phi) is 5.48. The summed E-state index contributed by atoms with van der Waals surface area (Å²) >= 11 is 3.31. The highest BCUT2D eigenvalue weighted by Gasteiger charge is 2.05. The lowest BCUT2D eigenvalue weighted by Crippen LogP contribution is -2.30. The fraction of sp³-hybridized carbons (Fsp3) is 0.273. The number of benzene rings is 1. The number of rotatable bonds is 6. The lowest BCUT2D eigenvalue weighted by atomic mass is 10.3. The van der Waals surface area contributed by atoms with Gasteiger partial charge in [-0.25, -0.2) is 0 Å². The van der Waals surface area contributed by atoms with E-state index in [9.17, 15) is 9.59 Å². The molecule has 0 spiro atoms. The Morgan fingerprint density at radius 1 is 1.35 bits per heavy atom. The van der Waals surface area contributed by atoms with Gasteiger partial charge in [0.2, 0.25) is 5.91 Å². The van der Waals surface area contributed by atoms with E-state index in [0.717, 1.165) is 4.47 Å². The van der Waals surface area contributed by atoms with Gasteiger partial charge >= 0.3 is 5.97 Å². The highest BCUT2D eigenvalue weighted by Crippen LogP contribution is 2.23. The second-order valence-electron chi connectivity index (χ2n) is 3.20. The number of nitrogens with one attached hydrogen (secondary N) is 1. The fourth-order valence-electron chi connectivity index (χ4n) is 1.08. The summed E-state index contributed by atoms with van der Waals surface area (Å²) in [7, 11) is 0. The van der Waals surface area contributed by atoms with Gasteiger partial charge in [-0.1, -0.05) is 12.1 Å². The number of halogens is 1. The van der Waals surface area contributed by atoms with E-state index in [1.807, 2.05) is 18.2 Å². The van der Waals surface area contributed by atoms with E-state index in [1.54, 1.807) is 6.07 Å². The summed E-state index contributed by atoms with van der Waals surface area (Å²) < 4.78 is 6.17. The van der Waals surface area contributed by atoms with E-state index in [1.165, 1.54) is 0 Å². The number of hydrogen-bond donors (Lipinski definition) is 2. The zero-order valence-electron chi connectivity index (χ0n) is 8.98. The van der Waals surface area contributed by atoms with Gasteiger partial charge in [-0.15, -0.1) is 0 Å². The van der Waals surface area contributed by atoms with Crippen molar-refractivity contribution in [1.29, 1.82) is 0 Å². The lowest BCUT2D eigenvalue weighted by Gasteiger charge is -2.07. The Hall–Kier alpha value is -1.56. The number of amides is 1. The summed E-state index contributed by atoms with van der Waals surface area (Å²) in [6.45, 7) is -0.165. The number of aliphatic carboxylic acids is 1. The maximum atomic E-state index is 11.2. The molecule has 0 atom stereocenters. The molecule has 92 valence electrons. The highest BCUT2D eigenvalue weighted by molar-refractivity contribution is 9.10. The number of ether oxygens (including phenoxy) is 1. The van der Waals surface area contributed by atoms with Gasteiger partial charge in [0, 0.05) is 0 Å². The first kappa shape index (κ1) is 13.5. The lowest BCUT2D eigenvalue weighted by molar-refractivity contribution is -0.138. The molecule has 0 unspecified atom stereocenters. The average molecular weight is 302 g/mol. The number of carboxylic acid groups (broad SMARTS) is 1. The number of carboxylic acids is 1. The molecule has 0 aliphatic rings. The van der Waals surface area contributed by atoms with Crippen LogP contribution >= 0.6 is 15.9 Å². The van der Waals surface area contributed by atoms with Crippen molar-refractivity contribution in [1.82, 2.24) is 5.32 Å². The van der Waals surface area contributed by atoms with Gasteiger partial charge in [-0.3, -0.25) is 9.59 Å². The van der Waals surface area contributed by atoms with E-state index in [0.29, 0.717) is 5.75 Å². The molecule has 6 heteroatoms.